The first-order valence-electron chi connectivity index (χ1n) is 5.01. The molecule has 5 nitrogen and oxygen atoms in total. The van der Waals surface area contributed by atoms with Gasteiger partial charge in [0.2, 0.25) is 5.88 Å². The number of aryl methyl sites for hydroxylation is 2. The van der Waals surface area contributed by atoms with Gasteiger partial charge in [0.25, 0.3) is 0 Å². The van der Waals surface area contributed by atoms with Crippen molar-refractivity contribution in [2.75, 3.05) is 0 Å². The van der Waals surface area contributed by atoms with Crippen molar-refractivity contribution in [3.05, 3.63) is 35.8 Å². The van der Waals surface area contributed by atoms with Crippen LogP contribution in [0.25, 0.3) is 0 Å². The molecule has 0 aromatic carbocycles. The third-order valence-electron chi connectivity index (χ3n) is 2.26. The summed E-state index contributed by atoms with van der Waals surface area (Å²) in [6.07, 6.45) is 3.29. The van der Waals surface area contributed by atoms with E-state index >= 15 is 0 Å². The summed E-state index contributed by atoms with van der Waals surface area (Å²) in [6.45, 7) is 1.84. The van der Waals surface area contributed by atoms with Gasteiger partial charge < -0.3 is 10.5 Å². The van der Waals surface area contributed by atoms with Gasteiger partial charge in [-0.1, -0.05) is 12.2 Å². The summed E-state index contributed by atoms with van der Waals surface area (Å²) in [7, 11) is 1.78. The molecular formula is C11H12N4OS. The lowest BCUT2D eigenvalue weighted by atomic mass is 10.2. The Morgan fingerprint density at radius 3 is 2.88 bits per heavy atom. The minimum absolute atomic E-state index is 0.273. The van der Waals surface area contributed by atoms with Crippen molar-refractivity contribution < 1.29 is 4.74 Å². The Kier molecular flexibility index (Phi) is 3.06. The highest BCUT2D eigenvalue weighted by atomic mass is 32.1. The van der Waals surface area contributed by atoms with Crippen LogP contribution in [0.5, 0.6) is 11.6 Å². The lowest BCUT2D eigenvalue weighted by Crippen LogP contribution is -2.11. The molecule has 2 aromatic heterocycles. The molecule has 0 saturated carbocycles. The third kappa shape index (κ3) is 2.26. The van der Waals surface area contributed by atoms with Crippen molar-refractivity contribution in [2.45, 2.75) is 6.92 Å². The Labute approximate surface area is 104 Å². The second-order valence-electron chi connectivity index (χ2n) is 3.54. The maximum atomic E-state index is 5.69. The molecule has 2 N–H and O–H groups in total. The van der Waals surface area contributed by atoms with E-state index in [1.165, 1.54) is 0 Å². The predicted molar refractivity (Wildman–Crippen MR) is 68.1 cm³/mol. The maximum Gasteiger partial charge on any atom is 0.228 e. The number of thiocarbonyl (C=S) groups is 1. The maximum absolute atomic E-state index is 5.69. The summed E-state index contributed by atoms with van der Waals surface area (Å²) >= 11 is 5.00. The van der Waals surface area contributed by atoms with Crippen molar-refractivity contribution in [3.63, 3.8) is 0 Å². The fraction of sp³-hybridized carbons (Fsp3) is 0.182. The Morgan fingerprint density at radius 2 is 2.29 bits per heavy atom. The molecular weight excluding hydrogens is 236 g/mol. The van der Waals surface area contributed by atoms with Crippen LogP contribution in [0.15, 0.2) is 24.5 Å². The van der Waals surface area contributed by atoms with Gasteiger partial charge in [0.1, 0.15) is 10.7 Å². The van der Waals surface area contributed by atoms with Gasteiger partial charge in [-0.2, -0.15) is 5.10 Å². The number of hydrogen-bond donors (Lipinski definition) is 1. The number of hydrogen-bond acceptors (Lipinski definition) is 4. The second-order valence-corrected chi connectivity index (χ2v) is 3.98. The molecule has 0 saturated heterocycles. The van der Waals surface area contributed by atoms with Crippen molar-refractivity contribution >= 4 is 17.2 Å². The van der Waals surface area contributed by atoms with Gasteiger partial charge in [-0.25, -0.2) is 4.68 Å². The normalized spacial score (nSPS) is 10.2. The molecule has 2 rings (SSSR count). The van der Waals surface area contributed by atoms with E-state index in [0.717, 1.165) is 5.69 Å². The van der Waals surface area contributed by atoms with E-state index in [1.807, 2.05) is 6.92 Å². The van der Waals surface area contributed by atoms with Crippen LogP contribution in [0, 0.1) is 6.92 Å². The monoisotopic (exact) mass is 248 g/mol. The number of rotatable bonds is 3. The van der Waals surface area contributed by atoms with Gasteiger partial charge in [0.05, 0.1) is 17.5 Å². The largest absolute Gasteiger partial charge is 0.437 e. The zero-order valence-corrected chi connectivity index (χ0v) is 10.4. The predicted octanol–water partition coefficient (Wildman–Crippen LogP) is 1.55. The molecule has 0 unspecified atom stereocenters. The van der Waals surface area contributed by atoms with E-state index in [2.05, 4.69) is 10.1 Å². The molecule has 2 heterocycles. The molecule has 0 radical (unpaired) electrons. The van der Waals surface area contributed by atoms with Crippen LogP contribution in [-0.4, -0.2) is 19.8 Å². The Balaban J connectivity index is 2.42. The summed E-state index contributed by atoms with van der Waals surface area (Å²) in [4.78, 5) is 4.25. The lowest BCUT2D eigenvalue weighted by molar-refractivity contribution is 0.428. The molecule has 0 spiro atoms. The van der Waals surface area contributed by atoms with E-state index in [9.17, 15) is 0 Å². The molecule has 0 amide bonds. The summed E-state index contributed by atoms with van der Waals surface area (Å²) in [5.74, 6) is 1.15. The van der Waals surface area contributed by atoms with Crippen molar-refractivity contribution in [1.82, 2.24) is 14.8 Å². The lowest BCUT2D eigenvalue weighted by Gasteiger charge is -2.07. The third-order valence-corrected chi connectivity index (χ3v) is 2.47. The average molecular weight is 248 g/mol. The smallest absolute Gasteiger partial charge is 0.228 e. The number of nitrogens with two attached hydrogens (primary N) is 1. The van der Waals surface area contributed by atoms with Crippen molar-refractivity contribution in [1.29, 1.82) is 0 Å². The van der Waals surface area contributed by atoms with Crippen LogP contribution in [-0.2, 0) is 7.05 Å². The highest BCUT2D eigenvalue weighted by molar-refractivity contribution is 7.80. The fourth-order valence-electron chi connectivity index (χ4n) is 1.56. The van der Waals surface area contributed by atoms with Crippen LogP contribution in [0.3, 0.4) is 0 Å². The highest BCUT2D eigenvalue weighted by Crippen LogP contribution is 2.26. The minimum Gasteiger partial charge on any atom is -0.437 e. The SMILES string of the molecule is Cc1nn(C)c(Oc2cccnc2)c1C(N)=S. The van der Waals surface area contributed by atoms with Gasteiger partial charge in [0.15, 0.2) is 0 Å². The van der Waals surface area contributed by atoms with E-state index in [1.54, 1.807) is 36.3 Å². The van der Waals surface area contributed by atoms with Crippen molar-refractivity contribution in [2.24, 2.45) is 12.8 Å². The van der Waals surface area contributed by atoms with E-state index < -0.39 is 0 Å². The van der Waals surface area contributed by atoms with Gasteiger partial charge in [-0.05, 0) is 19.1 Å². The van der Waals surface area contributed by atoms with Crippen LogP contribution in [0.2, 0.25) is 0 Å². The topological polar surface area (TPSA) is 66.0 Å². The van der Waals surface area contributed by atoms with Gasteiger partial charge in [0, 0.05) is 13.2 Å². The minimum atomic E-state index is 0.273. The second kappa shape index (κ2) is 4.50. The van der Waals surface area contributed by atoms with Crippen LogP contribution in [0.1, 0.15) is 11.3 Å². The molecule has 0 bridgehead atoms. The Morgan fingerprint density at radius 1 is 1.53 bits per heavy atom. The first kappa shape index (κ1) is 11.5. The molecule has 0 aliphatic heterocycles. The standard InChI is InChI=1S/C11H12N4OS/c1-7-9(10(12)17)11(15(2)14-7)16-8-4-3-5-13-6-8/h3-6H,1-2H3,(H2,12,17). The molecule has 0 atom stereocenters. The van der Waals surface area contributed by atoms with E-state index in [0.29, 0.717) is 17.2 Å². The number of ether oxygens (including phenoxy) is 1. The van der Waals surface area contributed by atoms with Crippen LogP contribution < -0.4 is 10.5 Å². The summed E-state index contributed by atoms with van der Waals surface area (Å²) in [5, 5.41) is 4.23. The van der Waals surface area contributed by atoms with Crippen molar-refractivity contribution in [3.8, 4) is 11.6 Å². The summed E-state index contributed by atoms with van der Waals surface area (Å²) in [5.41, 5.74) is 7.07. The first-order chi connectivity index (χ1) is 8.09. The van der Waals surface area contributed by atoms with E-state index in [-0.39, 0.29) is 4.99 Å². The van der Waals surface area contributed by atoms with Gasteiger partial charge >= 0.3 is 0 Å². The first-order valence-corrected chi connectivity index (χ1v) is 5.41. The molecule has 0 aliphatic rings. The van der Waals surface area contributed by atoms with Crippen LogP contribution >= 0.6 is 12.2 Å². The van der Waals surface area contributed by atoms with Gasteiger partial charge in [-0.3, -0.25) is 4.98 Å². The zero-order valence-electron chi connectivity index (χ0n) is 9.54. The highest BCUT2D eigenvalue weighted by Gasteiger charge is 2.17. The molecule has 88 valence electrons. The number of aromatic nitrogens is 3. The van der Waals surface area contributed by atoms with Crippen LogP contribution in [0.4, 0.5) is 0 Å². The zero-order chi connectivity index (χ0) is 12.4. The average Bonchev–Trinajstić information content (AvgIpc) is 2.55. The van der Waals surface area contributed by atoms with E-state index in [4.69, 9.17) is 22.7 Å². The molecule has 6 heteroatoms. The molecule has 0 fully saturated rings. The summed E-state index contributed by atoms with van der Waals surface area (Å²) in [6, 6.07) is 3.59. The Hall–Kier alpha value is -1.95. The number of pyridine rings is 1. The van der Waals surface area contributed by atoms with Gasteiger partial charge in [-0.15, -0.1) is 0 Å². The molecule has 0 aliphatic carbocycles. The summed E-state index contributed by atoms with van der Waals surface area (Å²) < 4.78 is 7.30. The fourth-order valence-corrected chi connectivity index (χ4v) is 1.79. The quantitative estimate of drug-likeness (QED) is 0.835. The molecule has 17 heavy (non-hydrogen) atoms. The Bertz CT molecular complexity index is 550. The molecule has 2 aromatic rings. The number of nitrogens with zero attached hydrogens (tertiary/aromatic N) is 3.